The molecular weight excluding hydrogens is 396 g/mol. The highest BCUT2D eigenvalue weighted by molar-refractivity contribution is 7.09. The first-order chi connectivity index (χ1) is 14.6. The smallest absolute Gasteiger partial charge is 0.311 e. The van der Waals surface area contributed by atoms with Crippen LogP contribution in [-0.4, -0.2) is 30.0 Å². The van der Waals surface area contributed by atoms with Crippen LogP contribution in [0.3, 0.4) is 0 Å². The summed E-state index contributed by atoms with van der Waals surface area (Å²) in [6.45, 7) is 2.51. The Morgan fingerprint density at radius 3 is 2.57 bits per heavy atom. The summed E-state index contributed by atoms with van der Waals surface area (Å²) in [6, 6.07) is 18.3. The molecule has 0 aliphatic carbocycles. The molecule has 6 heteroatoms. The number of amides is 1. The Balaban J connectivity index is 1.30. The second-order valence-corrected chi connectivity index (χ2v) is 8.07. The average molecular weight is 423 g/mol. The van der Waals surface area contributed by atoms with Gasteiger partial charge in [-0.3, -0.25) is 9.59 Å². The minimum atomic E-state index is -0.333. The number of benzene rings is 2. The molecule has 1 heterocycles. The van der Waals surface area contributed by atoms with Crippen molar-refractivity contribution in [1.82, 2.24) is 10.3 Å². The van der Waals surface area contributed by atoms with E-state index in [4.69, 9.17) is 4.74 Å². The number of rotatable bonds is 10. The van der Waals surface area contributed by atoms with Crippen LogP contribution >= 0.6 is 11.3 Å². The minimum absolute atomic E-state index is 0.0447. The van der Waals surface area contributed by atoms with Gasteiger partial charge in [-0.05, 0) is 24.5 Å². The standard InChI is InChI=1S/C24H26N2O3S/c1-18-7-9-19(10-8-18)11-12-22(27)25-13-14-29-24(28)16-21-17-30-23(26-21)15-20-5-3-2-4-6-20/h2-10,17H,11-16H2,1H3,(H,25,27). The molecule has 1 aromatic heterocycles. The molecule has 156 valence electrons. The summed E-state index contributed by atoms with van der Waals surface area (Å²) in [5, 5.41) is 5.66. The van der Waals surface area contributed by atoms with E-state index in [0.717, 1.165) is 22.7 Å². The zero-order valence-electron chi connectivity index (χ0n) is 17.1. The number of nitrogens with one attached hydrogen (secondary N) is 1. The van der Waals surface area contributed by atoms with Gasteiger partial charge in [-0.25, -0.2) is 4.98 Å². The SMILES string of the molecule is Cc1ccc(CCC(=O)NCCOC(=O)Cc2csc(Cc3ccccc3)n2)cc1. The highest BCUT2D eigenvalue weighted by Crippen LogP contribution is 2.15. The summed E-state index contributed by atoms with van der Waals surface area (Å²) < 4.78 is 5.21. The Morgan fingerprint density at radius 2 is 1.80 bits per heavy atom. The summed E-state index contributed by atoms with van der Waals surface area (Å²) in [5.74, 6) is -0.378. The fraction of sp³-hybridized carbons (Fsp3) is 0.292. The van der Waals surface area contributed by atoms with Gasteiger partial charge in [-0.15, -0.1) is 11.3 Å². The Morgan fingerprint density at radius 1 is 1.03 bits per heavy atom. The van der Waals surface area contributed by atoms with Gasteiger partial charge in [0, 0.05) is 18.2 Å². The molecule has 0 bridgehead atoms. The van der Waals surface area contributed by atoms with Gasteiger partial charge < -0.3 is 10.1 Å². The van der Waals surface area contributed by atoms with E-state index in [1.165, 1.54) is 11.1 Å². The lowest BCUT2D eigenvalue weighted by molar-refractivity contribution is -0.143. The lowest BCUT2D eigenvalue weighted by Gasteiger charge is -2.07. The predicted octanol–water partition coefficient (Wildman–Crippen LogP) is 3.88. The first-order valence-electron chi connectivity index (χ1n) is 10.0. The van der Waals surface area contributed by atoms with Crippen molar-refractivity contribution in [3.63, 3.8) is 0 Å². The molecule has 5 nitrogen and oxygen atoms in total. The Hall–Kier alpha value is -2.99. The summed E-state index contributed by atoms with van der Waals surface area (Å²) in [7, 11) is 0. The van der Waals surface area contributed by atoms with Crippen molar-refractivity contribution in [2.45, 2.75) is 32.6 Å². The fourth-order valence-electron chi connectivity index (χ4n) is 2.94. The maximum atomic E-state index is 12.0. The topological polar surface area (TPSA) is 68.3 Å². The summed E-state index contributed by atoms with van der Waals surface area (Å²) in [4.78, 5) is 28.4. The minimum Gasteiger partial charge on any atom is -0.464 e. The molecule has 30 heavy (non-hydrogen) atoms. The zero-order chi connectivity index (χ0) is 21.2. The van der Waals surface area contributed by atoms with Crippen LogP contribution in [0.15, 0.2) is 60.0 Å². The number of hydrogen-bond acceptors (Lipinski definition) is 5. The molecule has 0 aliphatic heterocycles. The normalized spacial score (nSPS) is 10.6. The maximum Gasteiger partial charge on any atom is 0.311 e. The lowest BCUT2D eigenvalue weighted by atomic mass is 10.1. The van der Waals surface area contributed by atoms with Gasteiger partial charge in [0.1, 0.15) is 6.61 Å². The number of hydrogen-bond donors (Lipinski definition) is 1. The van der Waals surface area contributed by atoms with Crippen LogP contribution in [0.5, 0.6) is 0 Å². The van der Waals surface area contributed by atoms with Crippen LogP contribution < -0.4 is 5.32 Å². The van der Waals surface area contributed by atoms with E-state index < -0.39 is 0 Å². The molecule has 0 saturated heterocycles. The van der Waals surface area contributed by atoms with E-state index in [1.807, 2.05) is 54.8 Å². The fourth-order valence-corrected chi connectivity index (χ4v) is 3.77. The van der Waals surface area contributed by atoms with Crippen molar-refractivity contribution in [3.8, 4) is 0 Å². The molecule has 3 aromatic rings. The number of esters is 1. The van der Waals surface area contributed by atoms with Crippen molar-refractivity contribution in [2.24, 2.45) is 0 Å². The lowest BCUT2D eigenvalue weighted by Crippen LogP contribution is -2.28. The highest BCUT2D eigenvalue weighted by Gasteiger charge is 2.10. The first-order valence-corrected chi connectivity index (χ1v) is 10.9. The van der Waals surface area contributed by atoms with Crippen molar-refractivity contribution >= 4 is 23.2 Å². The molecular formula is C24H26N2O3S. The number of aryl methyl sites for hydroxylation is 2. The first kappa shape index (κ1) is 21.7. The van der Waals surface area contributed by atoms with Crippen molar-refractivity contribution in [1.29, 1.82) is 0 Å². The maximum absolute atomic E-state index is 12.0. The Bertz CT molecular complexity index is 952. The number of carbonyl (C=O) groups excluding carboxylic acids is 2. The van der Waals surface area contributed by atoms with Gasteiger partial charge in [0.25, 0.3) is 0 Å². The molecule has 0 unspecified atom stereocenters. The average Bonchev–Trinajstić information content (AvgIpc) is 3.18. The van der Waals surface area contributed by atoms with Crippen molar-refractivity contribution in [3.05, 3.63) is 87.4 Å². The van der Waals surface area contributed by atoms with Crippen LogP contribution in [0.1, 0.15) is 33.8 Å². The van der Waals surface area contributed by atoms with Crippen LogP contribution in [-0.2, 0) is 33.6 Å². The second-order valence-electron chi connectivity index (χ2n) is 7.13. The molecule has 1 N–H and O–H groups in total. The second kappa shape index (κ2) is 11.3. The van der Waals surface area contributed by atoms with Crippen LogP contribution in [0, 0.1) is 6.92 Å². The van der Waals surface area contributed by atoms with E-state index in [9.17, 15) is 9.59 Å². The van der Waals surface area contributed by atoms with E-state index in [2.05, 4.69) is 22.4 Å². The van der Waals surface area contributed by atoms with Gasteiger partial charge in [0.2, 0.25) is 5.91 Å². The third-order valence-electron chi connectivity index (χ3n) is 4.57. The summed E-state index contributed by atoms with van der Waals surface area (Å²) in [6.07, 6.45) is 2.02. The number of thiazole rings is 1. The monoisotopic (exact) mass is 422 g/mol. The van der Waals surface area contributed by atoms with E-state index >= 15 is 0 Å². The molecule has 1 amide bonds. The van der Waals surface area contributed by atoms with Gasteiger partial charge >= 0.3 is 5.97 Å². The summed E-state index contributed by atoms with van der Waals surface area (Å²) >= 11 is 1.55. The number of ether oxygens (including phenoxy) is 1. The van der Waals surface area contributed by atoms with Crippen molar-refractivity contribution in [2.75, 3.05) is 13.2 Å². The van der Waals surface area contributed by atoms with E-state index in [-0.39, 0.29) is 24.9 Å². The molecule has 0 aliphatic rings. The number of aromatic nitrogens is 1. The molecule has 0 fully saturated rings. The van der Waals surface area contributed by atoms with E-state index in [0.29, 0.717) is 19.4 Å². The Kier molecular flexibility index (Phi) is 8.15. The predicted molar refractivity (Wildman–Crippen MR) is 119 cm³/mol. The van der Waals surface area contributed by atoms with Crippen LogP contribution in [0.2, 0.25) is 0 Å². The molecule has 0 spiro atoms. The molecule has 0 radical (unpaired) electrons. The Labute approximate surface area is 181 Å². The quantitative estimate of drug-likeness (QED) is 0.398. The molecule has 3 rings (SSSR count). The van der Waals surface area contributed by atoms with Crippen molar-refractivity contribution < 1.29 is 14.3 Å². The number of carbonyl (C=O) groups is 2. The zero-order valence-corrected chi connectivity index (χ0v) is 17.9. The third kappa shape index (κ3) is 7.44. The molecule has 2 aromatic carbocycles. The largest absolute Gasteiger partial charge is 0.464 e. The third-order valence-corrected chi connectivity index (χ3v) is 5.47. The summed E-state index contributed by atoms with van der Waals surface area (Å²) in [5.41, 5.74) is 4.25. The van der Waals surface area contributed by atoms with Crippen LogP contribution in [0.4, 0.5) is 0 Å². The molecule has 0 saturated carbocycles. The van der Waals surface area contributed by atoms with Gasteiger partial charge in [0.05, 0.1) is 23.7 Å². The van der Waals surface area contributed by atoms with Gasteiger partial charge in [-0.2, -0.15) is 0 Å². The van der Waals surface area contributed by atoms with E-state index in [1.54, 1.807) is 11.3 Å². The van der Waals surface area contributed by atoms with Crippen LogP contribution in [0.25, 0.3) is 0 Å². The number of nitrogens with zero attached hydrogens (tertiary/aromatic N) is 1. The van der Waals surface area contributed by atoms with Gasteiger partial charge in [-0.1, -0.05) is 60.2 Å². The molecule has 0 atom stereocenters. The highest BCUT2D eigenvalue weighted by atomic mass is 32.1. The van der Waals surface area contributed by atoms with Gasteiger partial charge in [0.15, 0.2) is 0 Å².